The van der Waals surface area contributed by atoms with E-state index in [0.717, 1.165) is 10.4 Å². The molecule has 0 saturated heterocycles. The molecule has 0 unspecified atom stereocenters. The second-order valence-corrected chi connectivity index (χ2v) is 7.56. The predicted octanol–water partition coefficient (Wildman–Crippen LogP) is 2.07. The normalized spacial score (nSPS) is 11.9. The molecule has 2 aromatic rings. The van der Waals surface area contributed by atoms with Gasteiger partial charge in [-0.15, -0.1) is 11.3 Å². The van der Waals surface area contributed by atoms with Crippen molar-refractivity contribution in [3.8, 4) is 0 Å². The van der Waals surface area contributed by atoms with Crippen molar-refractivity contribution in [2.45, 2.75) is 17.9 Å². The minimum atomic E-state index is -3.41. The van der Waals surface area contributed by atoms with Crippen molar-refractivity contribution in [3.63, 3.8) is 0 Å². The summed E-state index contributed by atoms with van der Waals surface area (Å²) in [5.74, 6) is 0. The van der Waals surface area contributed by atoms with E-state index in [4.69, 9.17) is 5.73 Å². The summed E-state index contributed by atoms with van der Waals surface area (Å²) in [7, 11) is -1.80. The fraction of sp³-hybridized carbons (Fsp3) is 0.286. The van der Waals surface area contributed by atoms with E-state index >= 15 is 0 Å². The quantitative estimate of drug-likeness (QED) is 0.888. The summed E-state index contributed by atoms with van der Waals surface area (Å²) in [4.78, 5) is 1.21. The Hall–Kier alpha value is -1.21. The average molecular weight is 310 g/mol. The molecule has 2 rings (SSSR count). The topological polar surface area (TPSA) is 63.4 Å². The third kappa shape index (κ3) is 3.46. The molecule has 1 aromatic carbocycles. The Balaban J connectivity index is 2.05. The Morgan fingerprint density at radius 3 is 2.55 bits per heavy atom. The minimum absolute atomic E-state index is 0.332. The van der Waals surface area contributed by atoms with E-state index in [1.54, 1.807) is 18.5 Å². The van der Waals surface area contributed by atoms with Gasteiger partial charge in [0, 0.05) is 30.4 Å². The number of sulfonamides is 1. The molecule has 0 radical (unpaired) electrons. The van der Waals surface area contributed by atoms with Gasteiger partial charge >= 0.3 is 0 Å². The van der Waals surface area contributed by atoms with Gasteiger partial charge in [0.25, 0.3) is 0 Å². The maximum atomic E-state index is 12.4. The number of likely N-dealkylation sites (N-methyl/N-ethyl adjacent to an activating group) is 1. The van der Waals surface area contributed by atoms with Crippen LogP contribution in [0.5, 0.6) is 0 Å². The van der Waals surface area contributed by atoms with Crippen LogP contribution in [-0.2, 0) is 23.0 Å². The molecule has 4 nitrogen and oxygen atoms in total. The van der Waals surface area contributed by atoms with Crippen molar-refractivity contribution in [2.75, 3.05) is 13.6 Å². The number of benzene rings is 1. The lowest BCUT2D eigenvalue weighted by molar-refractivity contribution is 0.473. The molecule has 0 saturated carbocycles. The van der Waals surface area contributed by atoms with Gasteiger partial charge in [0.15, 0.2) is 0 Å². The Morgan fingerprint density at radius 1 is 1.25 bits per heavy atom. The molecule has 108 valence electrons. The molecule has 1 aromatic heterocycles. The highest BCUT2D eigenvalue weighted by atomic mass is 32.2. The SMILES string of the molecule is CN(CCc1ccccc1)S(=O)(=O)c1csc(CN)c1. The van der Waals surface area contributed by atoms with Gasteiger partial charge < -0.3 is 5.73 Å². The molecular formula is C14H18N2O2S2. The standard InChI is InChI=1S/C14H18N2O2S2/c1-16(8-7-12-5-3-2-4-6-12)20(17,18)14-9-13(10-15)19-11-14/h2-6,9,11H,7-8,10,15H2,1H3. The molecule has 0 spiro atoms. The van der Waals surface area contributed by atoms with Gasteiger partial charge in [-0.05, 0) is 18.1 Å². The molecule has 0 amide bonds. The Labute approximate surface area is 123 Å². The van der Waals surface area contributed by atoms with Gasteiger partial charge in [0.2, 0.25) is 10.0 Å². The van der Waals surface area contributed by atoms with E-state index in [-0.39, 0.29) is 0 Å². The third-order valence-electron chi connectivity index (χ3n) is 3.10. The summed E-state index contributed by atoms with van der Waals surface area (Å²) in [6.07, 6.45) is 0.699. The van der Waals surface area contributed by atoms with Crippen LogP contribution in [0, 0.1) is 0 Å². The Kier molecular flexibility index (Phi) is 4.93. The van der Waals surface area contributed by atoms with E-state index < -0.39 is 10.0 Å². The van der Waals surface area contributed by atoms with Crippen molar-refractivity contribution >= 4 is 21.4 Å². The molecule has 0 aliphatic rings. The fourth-order valence-corrected chi connectivity index (χ4v) is 4.15. The van der Waals surface area contributed by atoms with E-state index in [9.17, 15) is 8.42 Å². The number of hydrogen-bond acceptors (Lipinski definition) is 4. The summed E-state index contributed by atoms with van der Waals surface area (Å²) in [6.45, 7) is 0.827. The molecule has 6 heteroatoms. The van der Waals surface area contributed by atoms with Crippen LogP contribution in [-0.4, -0.2) is 26.3 Å². The summed E-state index contributed by atoms with van der Waals surface area (Å²) < 4.78 is 26.1. The van der Waals surface area contributed by atoms with Gasteiger partial charge in [-0.2, -0.15) is 0 Å². The lowest BCUT2D eigenvalue weighted by Crippen LogP contribution is -2.28. The van der Waals surface area contributed by atoms with E-state index in [0.29, 0.717) is 24.4 Å². The summed E-state index contributed by atoms with van der Waals surface area (Å²) in [5.41, 5.74) is 6.65. The highest BCUT2D eigenvalue weighted by Crippen LogP contribution is 2.21. The largest absolute Gasteiger partial charge is 0.326 e. The van der Waals surface area contributed by atoms with Crippen LogP contribution in [0.2, 0.25) is 0 Å². The first kappa shape index (κ1) is 15.2. The van der Waals surface area contributed by atoms with Crippen molar-refractivity contribution < 1.29 is 8.42 Å². The first-order valence-electron chi connectivity index (χ1n) is 6.32. The number of nitrogens with two attached hydrogens (primary N) is 1. The third-order valence-corrected chi connectivity index (χ3v) is 6.04. The molecule has 0 bridgehead atoms. The molecule has 20 heavy (non-hydrogen) atoms. The van der Waals surface area contributed by atoms with Gasteiger partial charge in [-0.3, -0.25) is 0 Å². The van der Waals surface area contributed by atoms with Crippen LogP contribution in [0.15, 0.2) is 46.7 Å². The maximum Gasteiger partial charge on any atom is 0.243 e. The molecule has 0 fully saturated rings. The van der Waals surface area contributed by atoms with Crippen molar-refractivity contribution in [2.24, 2.45) is 5.73 Å². The second kappa shape index (κ2) is 6.49. The molecule has 0 atom stereocenters. The molecular weight excluding hydrogens is 292 g/mol. The van der Waals surface area contributed by atoms with Crippen LogP contribution in [0.25, 0.3) is 0 Å². The van der Waals surface area contributed by atoms with Crippen molar-refractivity contribution in [1.82, 2.24) is 4.31 Å². The summed E-state index contributed by atoms with van der Waals surface area (Å²) in [6, 6.07) is 11.5. The monoisotopic (exact) mass is 310 g/mol. The van der Waals surface area contributed by atoms with Crippen LogP contribution >= 0.6 is 11.3 Å². The highest BCUT2D eigenvalue weighted by molar-refractivity contribution is 7.89. The van der Waals surface area contributed by atoms with E-state index in [1.165, 1.54) is 15.6 Å². The van der Waals surface area contributed by atoms with Gasteiger partial charge in [-0.1, -0.05) is 30.3 Å². The lowest BCUT2D eigenvalue weighted by atomic mass is 10.2. The van der Waals surface area contributed by atoms with Crippen LogP contribution in [0.1, 0.15) is 10.4 Å². The fourth-order valence-electron chi connectivity index (χ4n) is 1.83. The van der Waals surface area contributed by atoms with Gasteiger partial charge in [0.05, 0.1) is 4.90 Å². The first-order valence-corrected chi connectivity index (χ1v) is 8.64. The Bertz CT molecular complexity index is 651. The minimum Gasteiger partial charge on any atom is -0.326 e. The maximum absolute atomic E-state index is 12.4. The average Bonchev–Trinajstić information content (AvgIpc) is 2.95. The molecule has 2 N–H and O–H groups in total. The lowest BCUT2D eigenvalue weighted by Gasteiger charge is -2.16. The zero-order chi connectivity index (χ0) is 14.6. The number of thiophene rings is 1. The van der Waals surface area contributed by atoms with Gasteiger partial charge in [-0.25, -0.2) is 12.7 Å². The predicted molar refractivity (Wildman–Crippen MR) is 82.2 cm³/mol. The molecule has 0 aliphatic carbocycles. The Morgan fingerprint density at radius 2 is 1.95 bits per heavy atom. The summed E-state index contributed by atoms with van der Waals surface area (Å²) in [5, 5.41) is 1.65. The zero-order valence-corrected chi connectivity index (χ0v) is 13.0. The first-order chi connectivity index (χ1) is 9.54. The van der Waals surface area contributed by atoms with Crippen molar-refractivity contribution in [3.05, 3.63) is 52.2 Å². The van der Waals surface area contributed by atoms with E-state index in [1.807, 2.05) is 30.3 Å². The number of rotatable bonds is 6. The summed E-state index contributed by atoms with van der Waals surface area (Å²) >= 11 is 1.38. The zero-order valence-electron chi connectivity index (χ0n) is 11.3. The van der Waals surface area contributed by atoms with Crippen LogP contribution < -0.4 is 5.73 Å². The van der Waals surface area contributed by atoms with Crippen LogP contribution in [0.3, 0.4) is 0 Å². The van der Waals surface area contributed by atoms with E-state index in [2.05, 4.69) is 0 Å². The number of nitrogens with zero attached hydrogens (tertiary/aromatic N) is 1. The van der Waals surface area contributed by atoms with Crippen LogP contribution in [0.4, 0.5) is 0 Å². The highest BCUT2D eigenvalue weighted by Gasteiger charge is 2.21. The molecule has 0 aliphatic heterocycles. The van der Waals surface area contributed by atoms with Gasteiger partial charge in [0.1, 0.15) is 0 Å². The van der Waals surface area contributed by atoms with Crippen molar-refractivity contribution in [1.29, 1.82) is 0 Å². The number of hydrogen-bond donors (Lipinski definition) is 1. The smallest absolute Gasteiger partial charge is 0.243 e. The molecule has 1 heterocycles. The second-order valence-electron chi connectivity index (χ2n) is 4.52.